The van der Waals surface area contributed by atoms with Gasteiger partial charge in [0.25, 0.3) is 0 Å². The van der Waals surface area contributed by atoms with Crippen LogP contribution in [0.4, 0.5) is 0 Å². The van der Waals surface area contributed by atoms with Gasteiger partial charge in [-0.3, -0.25) is 9.59 Å². The van der Waals surface area contributed by atoms with Gasteiger partial charge in [-0.25, -0.2) is 0 Å². The fourth-order valence-electron chi connectivity index (χ4n) is 7.22. The summed E-state index contributed by atoms with van der Waals surface area (Å²) in [7, 11) is 0. The molecule has 8 atom stereocenters. The zero-order valence-corrected chi connectivity index (χ0v) is 34.9. The van der Waals surface area contributed by atoms with Gasteiger partial charge in [-0.15, -0.1) is 0 Å². The predicted octanol–water partition coefficient (Wildman–Crippen LogP) is 6.09. The van der Waals surface area contributed by atoms with Crippen molar-refractivity contribution in [2.24, 2.45) is 0 Å². The van der Waals surface area contributed by atoms with E-state index in [-0.39, 0.29) is 24.8 Å². The van der Waals surface area contributed by atoms with Gasteiger partial charge in [0.2, 0.25) is 11.8 Å². The lowest BCUT2D eigenvalue weighted by Crippen LogP contribution is -2.60. The number of amides is 2. The Balaban J connectivity index is 2.40. The van der Waals surface area contributed by atoms with Crippen LogP contribution in [-0.2, 0) is 19.1 Å². The van der Waals surface area contributed by atoms with Crippen molar-refractivity contribution in [1.29, 1.82) is 0 Å². The zero-order chi connectivity index (χ0) is 40.5. The van der Waals surface area contributed by atoms with Crippen molar-refractivity contribution in [3.8, 4) is 0 Å². The van der Waals surface area contributed by atoms with Crippen LogP contribution in [-0.4, -0.2) is 111 Å². The van der Waals surface area contributed by atoms with E-state index in [1.54, 1.807) is 0 Å². The van der Waals surface area contributed by atoms with Crippen LogP contribution < -0.4 is 10.6 Å². The Morgan fingerprint density at radius 1 is 0.600 bits per heavy atom. The molecule has 1 heterocycles. The number of hydrogen-bond donors (Lipinski definition) is 8. The van der Waals surface area contributed by atoms with Crippen LogP contribution in [0.2, 0.25) is 0 Å². The molecule has 0 radical (unpaired) electrons. The second-order valence-electron chi connectivity index (χ2n) is 16.0. The molecule has 55 heavy (non-hydrogen) atoms. The molecular weight excluding hydrogens is 704 g/mol. The summed E-state index contributed by atoms with van der Waals surface area (Å²) < 4.78 is 11.1. The Bertz CT molecular complexity index is 913. The lowest BCUT2D eigenvalue weighted by atomic mass is 9.98. The number of aliphatic hydroxyl groups excluding tert-OH is 6. The number of aliphatic hydroxyl groups is 6. The van der Waals surface area contributed by atoms with Gasteiger partial charge in [0.05, 0.1) is 25.4 Å². The van der Waals surface area contributed by atoms with E-state index in [1.165, 1.54) is 77.0 Å². The third-order valence-corrected chi connectivity index (χ3v) is 11.0. The van der Waals surface area contributed by atoms with Crippen molar-refractivity contribution in [1.82, 2.24) is 10.6 Å². The molecule has 1 saturated heterocycles. The van der Waals surface area contributed by atoms with Crippen molar-refractivity contribution < 1.29 is 49.7 Å². The largest absolute Gasteiger partial charge is 0.394 e. The van der Waals surface area contributed by atoms with Gasteiger partial charge in [0.1, 0.15) is 30.5 Å². The van der Waals surface area contributed by atoms with Gasteiger partial charge in [0, 0.05) is 19.4 Å². The van der Waals surface area contributed by atoms with Crippen LogP contribution in [0.15, 0.2) is 0 Å². The maximum atomic E-state index is 13.0. The molecule has 0 spiro atoms. The molecule has 0 bridgehead atoms. The Morgan fingerprint density at radius 2 is 1.05 bits per heavy atom. The van der Waals surface area contributed by atoms with Gasteiger partial charge < -0.3 is 50.7 Å². The number of ether oxygens (including phenoxy) is 2. The highest BCUT2D eigenvalue weighted by Crippen LogP contribution is 2.23. The molecule has 0 saturated carbocycles. The Hall–Kier alpha value is -1.38. The second kappa shape index (κ2) is 34.6. The summed E-state index contributed by atoms with van der Waals surface area (Å²) in [6.45, 7) is 4.21. The van der Waals surface area contributed by atoms with Crippen molar-refractivity contribution in [2.75, 3.05) is 19.8 Å². The molecule has 0 aliphatic carbocycles. The van der Waals surface area contributed by atoms with Gasteiger partial charge >= 0.3 is 0 Å². The summed E-state index contributed by atoms with van der Waals surface area (Å²) >= 11 is 0. The number of carbonyl (C=O) groups excluding carboxylic acids is 2. The number of rotatable bonds is 37. The molecule has 1 rings (SSSR count). The topological polar surface area (TPSA) is 198 Å². The molecule has 8 N–H and O–H groups in total. The highest BCUT2D eigenvalue weighted by Gasteiger charge is 2.44. The molecule has 1 fully saturated rings. The van der Waals surface area contributed by atoms with E-state index >= 15 is 0 Å². The Labute approximate surface area is 333 Å². The predicted molar refractivity (Wildman–Crippen MR) is 217 cm³/mol. The van der Waals surface area contributed by atoms with Crippen LogP contribution in [0, 0.1) is 0 Å². The molecule has 0 aromatic carbocycles. The quantitative estimate of drug-likeness (QED) is 0.0341. The third-order valence-electron chi connectivity index (χ3n) is 11.0. The maximum Gasteiger partial charge on any atom is 0.220 e. The molecule has 2 amide bonds. The maximum absolute atomic E-state index is 13.0. The van der Waals surface area contributed by atoms with Crippen LogP contribution >= 0.6 is 0 Å². The minimum atomic E-state index is -1.62. The van der Waals surface area contributed by atoms with Crippen LogP contribution in [0.1, 0.15) is 194 Å². The summed E-state index contributed by atoms with van der Waals surface area (Å²) in [6.07, 6.45) is 19.3. The summed E-state index contributed by atoms with van der Waals surface area (Å²) in [5.74, 6) is -0.145. The third kappa shape index (κ3) is 25.6. The first kappa shape index (κ1) is 51.6. The van der Waals surface area contributed by atoms with Crippen LogP contribution in [0.5, 0.6) is 0 Å². The van der Waals surface area contributed by atoms with Gasteiger partial charge in [-0.05, 0) is 25.7 Å². The monoisotopic (exact) mass is 789 g/mol. The highest BCUT2D eigenvalue weighted by molar-refractivity contribution is 5.76. The minimum Gasteiger partial charge on any atom is -0.394 e. The molecule has 326 valence electrons. The number of hydrogen-bond acceptors (Lipinski definition) is 10. The lowest BCUT2D eigenvalue weighted by Gasteiger charge is -2.40. The Morgan fingerprint density at radius 3 is 1.56 bits per heavy atom. The average molecular weight is 789 g/mol. The van der Waals surface area contributed by atoms with Crippen molar-refractivity contribution in [3.63, 3.8) is 0 Å². The normalized spacial score (nSPS) is 21.6. The van der Waals surface area contributed by atoms with Gasteiger partial charge in [-0.2, -0.15) is 0 Å². The standard InChI is InChI=1S/C43H84N2O10/c1-3-5-7-9-11-12-13-14-15-17-20-24-28-35(47)39(50)34(33-54-43-42(53)41(52)40(51)36(32-46)55-43)45-38(49)30-26-22-18-16-19-23-27-31-44-37(48)29-25-21-10-8-6-4-2/h34-36,39-43,46-47,50-53H,3-33H2,1-2H3,(H,44,48)(H,45,49)/t34-,35+,36?,39-,40-,41-,42?,43-/m0/s1. The molecular formula is C43H84N2O10. The molecule has 0 aromatic rings. The first-order valence-corrected chi connectivity index (χ1v) is 22.5. The van der Waals surface area contributed by atoms with E-state index in [9.17, 15) is 40.2 Å². The molecule has 0 aromatic heterocycles. The first-order valence-electron chi connectivity index (χ1n) is 22.5. The van der Waals surface area contributed by atoms with Crippen molar-refractivity contribution >= 4 is 11.8 Å². The van der Waals surface area contributed by atoms with E-state index in [4.69, 9.17) is 9.47 Å². The van der Waals surface area contributed by atoms with E-state index in [0.29, 0.717) is 19.3 Å². The number of carbonyl (C=O) groups is 2. The SMILES string of the molecule is CCCCCCCCCCCCCC[C@@H](O)[C@@H](O)[C@H](CO[C@H]1OC(CO)[C@H](O)[C@H](O)C1O)NC(=O)CCCCCCCCCNC(=O)CCCCCCCC. The summed E-state index contributed by atoms with van der Waals surface area (Å²) in [4.78, 5) is 25.0. The van der Waals surface area contributed by atoms with Crippen molar-refractivity contribution in [2.45, 2.75) is 243 Å². The highest BCUT2D eigenvalue weighted by atomic mass is 16.7. The smallest absolute Gasteiger partial charge is 0.220 e. The Kier molecular flexibility index (Phi) is 32.5. The van der Waals surface area contributed by atoms with E-state index in [2.05, 4.69) is 24.5 Å². The fourth-order valence-corrected chi connectivity index (χ4v) is 7.22. The van der Waals surface area contributed by atoms with Crippen LogP contribution in [0.25, 0.3) is 0 Å². The fraction of sp³-hybridized carbons (Fsp3) is 0.953. The zero-order valence-electron chi connectivity index (χ0n) is 34.9. The summed E-state index contributed by atoms with van der Waals surface area (Å²) in [6, 6.07) is -1.02. The molecule has 12 nitrogen and oxygen atoms in total. The van der Waals surface area contributed by atoms with E-state index in [1.807, 2.05) is 0 Å². The first-order chi connectivity index (χ1) is 26.7. The lowest BCUT2D eigenvalue weighted by molar-refractivity contribution is -0.303. The summed E-state index contributed by atoms with van der Waals surface area (Å²) in [5, 5.41) is 68.0. The summed E-state index contributed by atoms with van der Waals surface area (Å²) in [5.41, 5.74) is 0. The van der Waals surface area contributed by atoms with E-state index in [0.717, 1.165) is 83.6 Å². The average Bonchev–Trinajstić information content (AvgIpc) is 3.18. The molecule has 1 aliphatic heterocycles. The molecule has 12 heteroatoms. The number of nitrogens with one attached hydrogen (secondary N) is 2. The molecule has 2 unspecified atom stereocenters. The van der Waals surface area contributed by atoms with Gasteiger partial charge in [-0.1, -0.05) is 155 Å². The minimum absolute atomic E-state index is 0.151. The van der Waals surface area contributed by atoms with Crippen LogP contribution in [0.3, 0.4) is 0 Å². The number of unbranched alkanes of at least 4 members (excludes halogenated alkanes) is 22. The van der Waals surface area contributed by atoms with Crippen molar-refractivity contribution in [3.05, 3.63) is 0 Å². The van der Waals surface area contributed by atoms with Gasteiger partial charge in [0.15, 0.2) is 6.29 Å². The molecule has 1 aliphatic rings. The second-order valence-corrected chi connectivity index (χ2v) is 16.0. The van der Waals surface area contributed by atoms with E-state index < -0.39 is 55.6 Å².